The Morgan fingerprint density at radius 1 is 0.897 bits per heavy atom. The molecule has 2 aromatic heterocycles. The summed E-state index contributed by atoms with van der Waals surface area (Å²) in [5, 5.41) is 15.4. The van der Waals surface area contributed by atoms with Crippen LogP contribution >= 0.6 is 0 Å². The number of nitro groups is 1. The van der Waals surface area contributed by atoms with Crippen LogP contribution in [0.3, 0.4) is 0 Å². The van der Waals surface area contributed by atoms with E-state index in [1.54, 1.807) is 30.7 Å². The van der Waals surface area contributed by atoms with E-state index < -0.39 is 16.2 Å². The van der Waals surface area contributed by atoms with Gasteiger partial charge in [0.15, 0.2) is 11.2 Å². The minimum Gasteiger partial charge on any atom is -0.298 e. The van der Waals surface area contributed by atoms with E-state index in [2.05, 4.69) is 15.5 Å². The molecule has 0 aliphatic heterocycles. The van der Waals surface area contributed by atoms with Crippen LogP contribution < -0.4 is 16.7 Å². The molecular weight excluding hydrogens is 498 g/mol. The molecule has 0 amide bonds. The molecule has 11 nitrogen and oxygen atoms in total. The van der Waals surface area contributed by atoms with E-state index in [1.807, 2.05) is 60.7 Å². The Hall–Kier alpha value is -5.32. The Morgan fingerprint density at radius 3 is 2.03 bits per heavy atom. The summed E-state index contributed by atoms with van der Waals surface area (Å²) < 4.78 is 4.27. The molecule has 5 aromatic rings. The quantitative estimate of drug-likeness (QED) is 0.187. The summed E-state index contributed by atoms with van der Waals surface area (Å²) in [5.41, 5.74) is 5.48. The summed E-state index contributed by atoms with van der Waals surface area (Å²) >= 11 is 0. The average Bonchev–Trinajstić information content (AvgIpc) is 3.32. The second kappa shape index (κ2) is 10.6. The van der Waals surface area contributed by atoms with Crippen LogP contribution in [0.1, 0.15) is 23.6 Å². The highest BCUT2D eigenvalue weighted by Crippen LogP contribution is 2.19. The smallest absolute Gasteiger partial charge is 0.298 e. The monoisotopic (exact) mass is 523 g/mol. The van der Waals surface area contributed by atoms with Crippen molar-refractivity contribution in [2.24, 2.45) is 12.1 Å². The fourth-order valence-electron chi connectivity index (χ4n) is 4.31. The summed E-state index contributed by atoms with van der Waals surface area (Å²) in [7, 11) is 1.58. The fraction of sp³-hybridized carbons (Fsp3) is 0.143. The van der Waals surface area contributed by atoms with Gasteiger partial charge in [0.2, 0.25) is 5.95 Å². The predicted octanol–water partition coefficient (Wildman–Crippen LogP) is 3.74. The van der Waals surface area contributed by atoms with Gasteiger partial charge >= 0.3 is 5.69 Å². The van der Waals surface area contributed by atoms with E-state index in [-0.39, 0.29) is 29.3 Å². The highest BCUT2D eigenvalue weighted by Gasteiger charge is 2.21. The summed E-state index contributed by atoms with van der Waals surface area (Å²) in [6, 6.07) is 24.9. The van der Waals surface area contributed by atoms with Gasteiger partial charge in [0.05, 0.1) is 23.7 Å². The lowest BCUT2D eigenvalue weighted by Crippen LogP contribution is -2.40. The summed E-state index contributed by atoms with van der Waals surface area (Å²) in [6.45, 7) is 2.18. The Kier molecular flexibility index (Phi) is 6.87. The number of nitro benzene ring substituents is 1. The first-order valence-electron chi connectivity index (χ1n) is 12.2. The van der Waals surface area contributed by atoms with Crippen LogP contribution in [0, 0.1) is 10.1 Å². The predicted molar refractivity (Wildman–Crippen MR) is 149 cm³/mol. The zero-order chi connectivity index (χ0) is 27.5. The summed E-state index contributed by atoms with van der Waals surface area (Å²) in [4.78, 5) is 42.0. The van der Waals surface area contributed by atoms with E-state index in [1.165, 1.54) is 21.3 Å². The van der Waals surface area contributed by atoms with Crippen molar-refractivity contribution < 1.29 is 4.92 Å². The minimum absolute atomic E-state index is 0.0168. The van der Waals surface area contributed by atoms with Gasteiger partial charge in [0, 0.05) is 19.2 Å². The van der Waals surface area contributed by atoms with Gasteiger partial charge in [0.1, 0.15) is 0 Å². The van der Waals surface area contributed by atoms with Crippen molar-refractivity contribution in [2.75, 3.05) is 5.43 Å². The second-order valence-electron chi connectivity index (χ2n) is 9.01. The average molecular weight is 524 g/mol. The SMILES string of the molecule is C/C(=N/Nc1nc2c(c(=O)n(Cc3ccccc3)c(=O)n2C)n1Cc1ccccc1)c1ccc([N+](=O)[O-])cc1. The second-order valence-corrected chi connectivity index (χ2v) is 9.01. The number of imidazole rings is 1. The van der Waals surface area contributed by atoms with Gasteiger partial charge in [-0.2, -0.15) is 10.1 Å². The molecule has 39 heavy (non-hydrogen) atoms. The van der Waals surface area contributed by atoms with E-state index in [4.69, 9.17) is 0 Å². The Labute approximate surface area is 222 Å². The van der Waals surface area contributed by atoms with Gasteiger partial charge in [-0.05, 0) is 35.7 Å². The van der Waals surface area contributed by atoms with Crippen molar-refractivity contribution in [2.45, 2.75) is 20.0 Å². The molecule has 11 heteroatoms. The van der Waals surface area contributed by atoms with Crippen molar-refractivity contribution in [1.82, 2.24) is 18.7 Å². The molecule has 0 aliphatic carbocycles. The molecule has 0 saturated carbocycles. The number of benzene rings is 3. The molecule has 0 atom stereocenters. The van der Waals surface area contributed by atoms with Crippen LogP contribution in [0.25, 0.3) is 11.2 Å². The maximum Gasteiger partial charge on any atom is 0.332 e. The van der Waals surface area contributed by atoms with Crippen molar-refractivity contribution in [3.05, 3.63) is 133 Å². The number of aromatic nitrogens is 4. The molecule has 0 spiro atoms. The highest BCUT2D eigenvalue weighted by atomic mass is 16.6. The number of fused-ring (bicyclic) bond motifs is 1. The topological polar surface area (TPSA) is 129 Å². The molecular formula is C28H25N7O4. The number of hydrogen-bond acceptors (Lipinski definition) is 7. The normalized spacial score (nSPS) is 11.6. The first-order valence-corrected chi connectivity index (χ1v) is 12.2. The van der Waals surface area contributed by atoms with E-state index in [0.717, 1.165) is 11.1 Å². The summed E-state index contributed by atoms with van der Waals surface area (Å²) in [6.07, 6.45) is 0. The van der Waals surface area contributed by atoms with Gasteiger partial charge < -0.3 is 0 Å². The number of hydrogen-bond donors (Lipinski definition) is 1. The van der Waals surface area contributed by atoms with Crippen LogP contribution in [0.5, 0.6) is 0 Å². The van der Waals surface area contributed by atoms with Crippen LogP contribution in [-0.4, -0.2) is 29.3 Å². The van der Waals surface area contributed by atoms with Crippen LogP contribution in [0.2, 0.25) is 0 Å². The number of non-ortho nitro benzene ring substituents is 1. The van der Waals surface area contributed by atoms with E-state index >= 15 is 0 Å². The maximum atomic E-state index is 13.7. The van der Waals surface area contributed by atoms with Crippen LogP contribution in [0.4, 0.5) is 11.6 Å². The van der Waals surface area contributed by atoms with Crippen molar-refractivity contribution in [1.29, 1.82) is 0 Å². The molecule has 5 rings (SSSR count). The maximum absolute atomic E-state index is 13.7. The van der Waals surface area contributed by atoms with Crippen LogP contribution in [-0.2, 0) is 20.1 Å². The largest absolute Gasteiger partial charge is 0.332 e. The molecule has 0 bridgehead atoms. The third-order valence-corrected chi connectivity index (χ3v) is 6.42. The zero-order valence-corrected chi connectivity index (χ0v) is 21.3. The van der Waals surface area contributed by atoms with Crippen molar-refractivity contribution in [3.63, 3.8) is 0 Å². The molecule has 2 heterocycles. The molecule has 0 fully saturated rings. The highest BCUT2D eigenvalue weighted by molar-refractivity contribution is 5.99. The van der Waals surface area contributed by atoms with E-state index in [0.29, 0.717) is 17.8 Å². The van der Waals surface area contributed by atoms with Crippen molar-refractivity contribution >= 4 is 28.5 Å². The van der Waals surface area contributed by atoms with Gasteiger partial charge in [-0.3, -0.25) is 28.6 Å². The lowest BCUT2D eigenvalue weighted by molar-refractivity contribution is -0.384. The van der Waals surface area contributed by atoms with Crippen LogP contribution in [0.15, 0.2) is 99.6 Å². The minimum atomic E-state index is -0.474. The number of nitrogens with one attached hydrogen (secondary N) is 1. The van der Waals surface area contributed by atoms with Gasteiger partial charge in [-0.1, -0.05) is 60.7 Å². The Balaban J connectivity index is 1.61. The molecule has 1 N–H and O–H groups in total. The Morgan fingerprint density at radius 2 is 1.46 bits per heavy atom. The number of anilines is 1. The van der Waals surface area contributed by atoms with Gasteiger partial charge in [-0.15, -0.1) is 0 Å². The first kappa shape index (κ1) is 25.3. The molecule has 3 aromatic carbocycles. The lowest BCUT2D eigenvalue weighted by Gasteiger charge is -2.11. The molecule has 0 unspecified atom stereocenters. The molecule has 0 radical (unpaired) electrons. The number of nitrogens with zero attached hydrogens (tertiary/aromatic N) is 6. The number of hydrazone groups is 1. The number of aryl methyl sites for hydroxylation is 1. The van der Waals surface area contributed by atoms with Gasteiger partial charge in [-0.25, -0.2) is 10.2 Å². The first-order chi connectivity index (χ1) is 18.8. The third kappa shape index (κ3) is 5.10. The van der Waals surface area contributed by atoms with Gasteiger partial charge in [0.25, 0.3) is 11.2 Å². The van der Waals surface area contributed by atoms with E-state index in [9.17, 15) is 19.7 Å². The Bertz CT molecular complexity index is 1800. The molecule has 196 valence electrons. The molecule has 0 saturated heterocycles. The zero-order valence-electron chi connectivity index (χ0n) is 21.3. The fourth-order valence-corrected chi connectivity index (χ4v) is 4.31. The summed E-state index contributed by atoms with van der Waals surface area (Å²) in [5.74, 6) is 0.277. The van der Waals surface area contributed by atoms with Crippen molar-refractivity contribution in [3.8, 4) is 0 Å². The number of rotatable bonds is 8. The molecule has 0 aliphatic rings. The third-order valence-electron chi connectivity index (χ3n) is 6.42. The lowest BCUT2D eigenvalue weighted by atomic mass is 10.1. The standard InChI is InChI=1S/C28H25N7O4/c1-19(22-13-15-23(16-14-22)35(38)39)30-31-27-29-25-24(33(27)17-20-9-5-3-6-10-20)26(36)34(28(37)32(25)2)18-21-11-7-4-8-12-21/h3-16H,17-18H2,1-2H3,(H,29,31)/b30-19-.